The highest BCUT2D eigenvalue weighted by atomic mass is 127. The average Bonchev–Trinajstić information content (AvgIpc) is 2.39. The van der Waals surface area contributed by atoms with E-state index in [4.69, 9.17) is 0 Å². The Morgan fingerprint density at radius 2 is 1.79 bits per heavy atom. The summed E-state index contributed by atoms with van der Waals surface area (Å²) in [5.74, 6) is -1.06. The molecular weight excluding hydrogens is 359 g/mol. The van der Waals surface area contributed by atoms with Gasteiger partial charge in [0.25, 0.3) is 0 Å². The van der Waals surface area contributed by atoms with E-state index in [2.05, 4.69) is 27.9 Å². The Bertz CT molecular complexity index is 555. The van der Waals surface area contributed by atoms with Crippen molar-refractivity contribution in [1.29, 1.82) is 0 Å². The van der Waals surface area contributed by atoms with E-state index in [1.165, 1.54) is 12.1 Å². The van der Waals surface area contributed by atoms with E-state index in [0.717, 1.165) is 15.2 Å². The van der Waals surface area contributed by atoms with Crippen molar-refractivity contribution in [1.82, 2.24) is 5.32 Å². The van der Waals surface area contributed by atoms with Crippen LogP contribution in [0.2, 0.25) is 0 Å². The third-order valence-corrected chi connectivity index (χ3v) is 3.76. The molecule has 1 nitrogen and oxygen atoms in total. The minimum atomic E-state index is -0.551. The lowest BCUT2D eigenvalue weighted by Gasteiger charge is -2.17. The molecule has 0 aliphatic heterocycles. The predicted molar refractivity (Wildman–Crippen MR) is 81.0 cm³/mol. The molecule has 0 bridgehead atoms. The highest BCUT2D eigenvalue weighted by Gasteiger charge is 2.15. The second-order valence-electron chi connectivity index (χ2n) is 4.34. The van der Waals surface area contributed by atoms with Crippen LogP contribution < -0.4 is 5.32 Å². The van der Waals surface area contributed by atoms with E-state index >= 15 is 0 Å². The summed E-state index contributed by atoms with van der Waals surface area (Å²) in [6, 6.07) is 11.6. The van der Waals surface area contributed by atoms with Crippen LogP contribution in [0.4, 0.5) is 8.78 Å². The maximum absolute atomic E-state index is 13.8. The Kier molecular flexibility index (Phi) is 4.87. The Morgan fingerprint density at radius 1 is 1.11 bits per heavy atom. The molecule has 100 valence electrons. The highest BCUT2D eigenvalue weighted by molar-refractivity contribution is 14.1. The number of hydrogen-bond donors (Lipinski definition) is 1. The Balaban J connectivity index is 2.22. The van der Waals surface area contributed by atoms with Gasteiger partial charge in [0.1, 0.15) is 11.6 Å². The van der Waals surface area contributed by atoms with E-state index in [0.29, 0.717) is 12.0 Å². The van der Waals surface area contributed by atoms with E-state index < -0.39 is 11.6 Å². The van der Waals surface area contributed by atoms with Gasteiger partial charge in [-0.2, -0.15) is 0 Å². The number of rotatable bonds is 4. The topological polar surface area (TPSA) is 12.0 Å². The van der Waals surface area contributed by atoms with Crippen LogP contribution in [0.1, 0.15) is 17.2 Å². The molecule has 0 radical (unpaired) electrons. The summed E-state index contributed by atoms with van der Waals surface area (Å²) >= 11 is 2.24. The first kappa shape index (κ1) is 14.4. The van der Waals surface area contributed by atoms with Gasteiger partial charge < -0.3 is 5.32 Å². The molecule has 1 N–H and O–H groups in total. The van der Waals surface area contributed by atoms with Crippen molar-refractivity contribution in [2.75, 3.05) is 7.05 Å². The van der Waals surface area contributed by atoms with Crippen LogP contribution in [-0.4, -0.2) is 7.05 Å². The molecule has 19 heavy (non-hydrogen) atoms. The zero-order valence-electron chi connectivity index (χ0n) is 10.5. The molecule has 4 heteroatoms. The number of likely N-dealkylation sites (N-methyl/N-ethyl adjacent to an activating group) is 1. The first-order valence-corrected chi connectivity index (χ1v) is 7.04. The maximum Gasteiger partial charge on any atom is 0.130 e. The lowest BCUT2D eigenvalue weighted by atomic mass is 9.98. The van der Waals surface area contributed by atoms with Crippen LogP contribution in [0.15, 0.2) is 42.5 Å². The predicted octanol–water partition coefficient (Wildman–Crippen LogP) is 4.07. The first-order chi connectivity index (χ1) is 9.10. The first-order valence-electron chi connectivity index (χ1n) is 5.97. The maximum atomic E-state index is 13.8. The largest absolute Gasteiger partial charge is 0.313 e. The minimum Gasteiger partial charge on any atom is -0.313 e. The molecule has 0 aliphatic rings. The van der Waals surface area contributed by atoms with Gasteiger partial charge in [-0.3, -0.25) is 0 Å². The number of hydrogen-bond acceptors (Lipinski definition) is 1. The summed E-state index contributed by atoms with van der Waals surface area (Å²) < 4.78 is 27.9. The van der Waals surface area contributed by atoms with Gasteiger partial charge in [-0.15, -0.1) is 0 Å². The molecule has 0 amide bonds. The molecule has 0 spiro atoms. The molecule has 0 saturated carbocycles. The van der Waals surface area contributed by atoms with Gasteiger partial charge in [-0.05, 0) is 59.8 Å². The molecule has 1 atom stereocenters. The summed E-state index contributed by atoms with van der Waals surface area (Å²) in [6.07, 6.45) is 0.663. The smallest absolute Gasteiger partial charge is 0.130 e. The number of benzene rings is 2. The van der Waals surface area contributed by atoms with Crippen molar-refractivity contribution in [2.45, 2.75) is 12.5 Å². The van der Waals surface area contributed by atoms with E-state index in [1.807, 2.05) is 24.3 Å². The molecule has 2 rings (SSSR count). The van der Waals surface area contributed by atoms with E-state index in [1.54, 1.807) is 7.05 Å². The van der Waals surface area contributed by atoms with Crippen molar-refractivity contribution in [3.05, 3.63) is 68.8 Å². The summed E-state index contributed by atoms with van der Waals surface area (Å²) in [5.41, 5.74) is 1.60. The molecular formula is C15H14F2IN. The van der Waals surface area contributed by atoms with Crippen molar-refractivity contribution in [2.24, 2.45) is 0 Å². The Morgan fingerprint density at radius 3 is 2.37 bits per heavy atom. The van der Waals surface area contributed by atoms with E-state index in [-0.39, 0.29) is 6.04 Å². The summed E-state index contributed by atoms with van der Waals surface area (Å²) in [5, 5.41) is 3.08. The van der Waals surface area contributed by atoms with Crippen molar-refractivity contribution >= 4 is 22.6 Å². The monoisotopic (exact) mass is 373 g/mol. The minimum absolute atomic E-state index is 0.166. The number of halogens is 3. The van der Waals surface area contributed by atoms with Crippen LogP contribution >= 0.6 is 22.6 Å². The standard InChI is InChI=1S/C15H14F2IN/c1-19-15(8-10-2-5-12(18)6-3-10)13-7-4-11(16)9-14(13)17/h2-7,9,15,19H,8H2,1H3. The highest BCUT2D eigenvalue weighted by Crippen LogP contribution is 2.22. The zero-order chi connectivity index (χ0) is 13.8. The van der Waals surface area contributed by atoms with Crippen molar-refractivity contribution in [3.63, 3.8) is 0 Å². The molecule has 0 aromatic heterocycles. The average molecular weight is 373 g/mol. The van der Waals surface area contributed by atoms with Crippen LogP contribution in [0.25, 0.3) is 0 Å². The van der Waals surface area contributed by atoms with Crippen LogP contribution in [0.3, 0.4) is 0 Å². The van der Waals surface area contributed by atoms with Crippen molar-refractivity contribution in [3.8, 4) is 0 Å². The third kappa shape index (κ3) is 3.73. The Hall–Kier alpha value is -1.01. The van der Waals surface area contributed by atoms with Gasteiger partial charge in [0.05, 0.1) is 0 Å². The number of nitrogens with one attached hydrogen (secondary N) is 1. The van der Waals surface area contributed by atoms with Crippen LogP contribution in [-0.2, 0) is 6.42 Å². The fourth-order valence-corrected chi connectivity index (χ4v) is 2.37. The van der Waals surface area contributed by atoms with E-state index in [9.17, 15) is 8.78 Å². The summed E-state index contributed by atoms with van der Waals surface area (Å²) in [7, 11) is 1.78. The van der Waals surface area contributed by atoms with Gasteiger partial charge >= 0.3 is 0 Å². The molecule has 0 heterocycles. The second kappa shape index (κ2) is 6.43. The molecule has 0 saturated heterocycles. The zero-order valence-corrected chi connectivity index (χ0v) is 12.6. The summed E-state index contributed by atoms with van der Waals surface area (Å²) in [6.45, 7) is 0. The van der Waals surface area contributed by atoms with Crippen LogP contribution in [0, 0.1) is 15.2 Å². The van der Waals surface area contributed by atoms with Crippen molar-refractivity contribution < 1.29 is 8.78 Å². The van der Waals surface area contributed by atoms with Gasteiger partial charge in [0.15, 0.2) is 0 Å². The molecule has 0 aliphatic carbocycles. The lowest BCUT2D eigenvalue weighted by Crippen LogP contribution is -2.20. The normalized spacial score (nSPS) is 12.4. The molecule has 2 aromatic carbocycles. The van der Waals surface area contributed by atoms with Gasteiger partial charge in [0, 0.05) is 21.2 Å². The third-order valence-electron chi connectivity index (χ3n) is 3.04. The van der Waals surface area contributed by atoms with Gasteiger partial charge in [-0.25, -0.2) is 8.78 Å². The fraction of sp³-hybridized carbons (Fsp3) is 0.200. The van der Waals surface area contributed by atoms with Gasteiger partial charge in [0.2, 0.25) is 0 Å². The molecule has 0 fully saturated rings. The SMILES string of the molecule is CNC(Cc1ccc(I)cc1)c1ccc(F)cc1F. The summed E-state index contributed by atoms with van der Waals surface area (Å²) in [4.78, 5) is 0. The second-order valence-corrected chi connectivity index (χ2v) is 5.58. The lowest BCUT2D eigenvalue weighted by molar-refractivity contribution is 0.521. The fourth-order valence-electron chi connectivity index (χ4n) is 2.01. The molecule has 1 unspecified atom stereocenters. The van der Waals surface area contributed by atoms with Crippen LogP contribution in [0.5, 0.6) is 0 Å². The quantitative estimate of drug-likeness (QED) is 0.797. The molecule has 2 aromatic rings. The van der Waals surface area contributed by atoms with Gasteiger partial charge in [-0.1, -0.05) is 18.2 Å². The Labute approximate surface area is 125 Å².